The van der Waals surface area contributed by atoms with Gasteiger partial charge in [0.1, 0.15) is 0 Å². The van der Waals surface area contributed by atoms with Crippen molar-refractivity contribution in [2.75, 3.05) is 51.7 Å². The second kappa shape index (κ2) is 15.5. The molecule has 14 nitrogen and oxygen atoms in total. The van der Waals surface area contributed by atoms with Crippen LogP contribution >= 0.6 is 0 Å². The fourth-order valence-corrected chi connectivity index (χ4v) is 6.19. The number of hydrogen-bond donors (Lipinski definition) is 3. The van der Waals surface area contributed by atoms with Crippen molar-refractivity contribution in [2.45, 2.75) is 37.6 Å². The van der Waals surface area contributed by atoms with Crippen LogP contribution in [-0.4, -0.2) is 88.0 Å². The number of hydrogen-bond acceptors (Lipinski definition) is 11. The Morgan fingerprint density at radius 2 is 1.76 bits per heavy atom. The van der Waals surface area contributed by atoms with Crippen LogP contribution in [0.2, 0.25) is 0 Å². The fraction of sp³-hybridized carbons (Fsp3) is 0.343. The number of amides is 2. The number of alkyl carbamates (subject to hydrolysis) is 1. The van der Waals surface area contributed by atoms with Crippen molar-refractivity contribution in [3.63, 3.8) is 0 Å². The average molecular weight is 707 g/mol. The Morgan fingerprint density at radius 1 is 1.02 bits per heavy atom. The number of sulfonamides is 1. The zero-order valence-electron chi connectivity index (χ0n) is 28.6. The van der Waals surface area contributed by atoms with Crippen LogP contribution in [0.4, 0.5) is 10.5 Å². The van der Waals surface area contributed by atoms with Gasteiger partial charge in [-0.1, -0.05) is 38.1 Å². The summed E-state index contributed by atoms with van der Waals surface area (Å²) in [6.45, 7) is 7.95. The SMILES string of the molecule is CCOC(=O)NC1(Oc2cc(C(=O)N3CCN(C)CC3)cc(NS(=O)(=O)c3ccc(C(C)C)cn3)c2Oc2ccccc2OC)C=CC=CN1. The van der Waals surface area contributed by atoms with Gasteiger partial charge in [-0.15, -0.1) is 0 Å². The van der Waals surface area contributed by atoms with E-state index in [1.807, 2.05) is 20.9 Å². The summed E-state index contributed by atoms with van der Waals surface area (Å²) in [5, 5.41) is 5.39. The molecule has 3 heterocycles. The molecular weight excluding hydrogens is 664 g/mol. The Bertz CT molecular complexity index is 1860. The van der Waals surface area contributed by atoms with Gasteiger partial charge in [0.05, 0.1) is 19.4 Å². The monoisotopic (exact) mass is 706 g/mol. The van der Waals surface area contributed by atoms with Crippen LogP contribution in [0.1, 0.15) is 42.6 Å². The van der Waals surface area contributed by atoms with E-state index < -0.39 is 22.0 Å². The maximum Gasteiger partial charge on any atom is 0.411 e. The number of allylic oxidation sites excluding steroid dienone is 2. The number of nitrogens with one attached hydrogen (secondary N) is 3. The maximum absolute atomic E-state index is 14.0. The maximum atomic E-state index is 14.0. The van der Waals surface area contributed by atoms with Crippen LogP contribution in [0.25, 0.3) is 0 Å². The van der Waals surface area contributed by atoms with E-state index in [9.17, 15) is 18.0 Å². The first-order valence-electron chi connectivity index (χ1n) is 16.1. The number of nitrogens with zero attached hydrogens (tertiary/aromatic N) is 3. The van der Waals surface area contributed by atoms with Crippen molar-refractivity contribution < 1.29 is 37.0 Å². The van der Waals surface area contributed by atoms with Gasteiger partial charge in [0, 0.05) is 50.2 Å². The Hall–Kier alpha value is -5.28. The lowest BCUT2D eigenvalue weighted by Crippen LogP contribution is -2.60. The van der Waals surface area contributed by atoms with Crippen molar-refractivity contribution in [1.82, 2.24) is 25.4 Å². The minimum absolute atomic E-state index is 0.0940. The quantitative estimate of drug-likeness (QED) is 0.225. The summed E-state index contributed by atoms with van der Waals surface area (Å²) in [5.74, 6) is -1.61. The number of rotatable bonds is 12. The molecule has 1 aromatic heterocycles. The van der Waals surface area contributed by atoms with Crippen LogP contribution < -0.4 is 29.6 Å². The second-order valence-corrected chi connectivity index (χ2v) is 13.6. The lowest BCUT2D eigenvalue weighted by molar-refractivity contribution is 0.0474. The van der Waals surface area contributed by atoms with Gasteiger partial charge in [-0.25, -0.2) is 9.78 Å². The van der Waals surface area contributed by atoms with Crippen molar-refractivity contribution >= 4 is 27.7 Å². The van der Waals surface area contributed by atoms with Gasteiger partial charge in [0.15, 0.2) is 28.0 Å². The van der Waals surface area contributed by atoms with Crippen molar-refractivity contribution in [2.24, 2.45) is 0 Å². The predicted molar refractivity (Wildman–Crippen MR) is 187 cm³/mol. The summed E-state index contributed by atoms with van der Waals surface area (Å²) < 4.78 is 53.9. The third-order valence-electron chi connectivity index (χ3n) is 7.99. The molecule has 1 unspecified atom stereocenters. The standard InChI is InChI=1S/C35H42N6O8S/c1-6-47-34(43)38-35(15-9-10-16-37-35)49-30-22-26(33(42)41-19-17-40(4)18-20-41)21-27(32(30)48-29-12-8-7-11-28(29)46-5)39-50(44,45)31-14-13-25(23-36-31)24(2)3/h7-16,21-24,37,39H,6,17-20H2,1-5H3,(H,38,43). The number of para-hydroxylation sites is 2. The van der Waals surface area contributed by atoms with Crippen LogP contribution in [0.3, 0.4) is 0 Å². The molecule has 0 radical (unpaired) electrons. The number of methoxy groups -OCH3 is 1. The number of likely N-dealkylation sites (N-methyl/N-ethyl adjacent to an activating group) is 1. The van der Waals surface area contributed by atoms with E-state index in [0.29, 0.717) is 31.9 Å². The Balaban J connectivity index is 1.68. The van der Waals surface area contributed by atoms with Crippen LogP contribution in [0.15, 0.2) is 84.2 Å². The number of ether oxygens (including phenoxy) is 4. The zero-order chi connectivity index (χ0) is 35.9. The molecule has 266 valence electrons. The summed E-state index contributed by atoms with van der Waals surface area (Å²) in [4.78, 5) is 34.8. The minimum atomic E-state index is -4.34. The van der Waals surface area contributed by atoms with Crippen LogP contribution in [0.5, 0.6) is 23.0 Å². The highest BCUT2D eigenvalue weighted by molar-refractivity contribution is 7.92. The lowest BCUT2D eigenvalue weighted by atomic mass is 10.1. The number of anilines is 1. The number of aromatic nitrogens is 1. The molecule has 0 spiro atoms. The first-order valence-corrected chi connectivity index (χ1v) is 17.6. The van der Waals surface area contributed by atoms with Gasteiger partial charge < -0.3 is 34.1 Å². The van der Waals surface area contributed by atoms with Gasteiger partial charge in [0.25, 0.3) is 21.8 Å². The molecule has 2 aliphatic rings. The van der Waals surface area contributed by atoms with Crippen molar-refractivity contribution in [3.05, 3.63) is 90.3 Å². The molecule has 50 heavy (non-hydrogen) atoms. The van der Waals surface area contributed by atoms with E-state index in [1.54, 1.807) is 60.5 Å². The molecule has 1 fully saturated rings. The second-order valence-electron chi connectivity index (χ2n) is 11.9. The first-order chi connectivity index (χ1) is 23.9. The smallest absolute Gasteiger partial charge is 0.411 e. The summed E-state index contributed by atoms with van der Waals surface area (Å²) >= 11 is 0. The Kier molecular flexibility index (Phi) is 11.2. The predicted octanol–water partition coefficient (Wildman–Crippen LogP) is 4.65. The lowest BCUT2D eigenvalue weighted by Gasteiger charge is -2.35. The minimum Gasteiger partial charge on any atom is -0.493 e. The number of carbonyl (C=O) groups is 2. The topological polar surface area (TPSA) is 161 Å². The molecule has 1 atom stereocenters. The van der Waals surface area contributed by atoms with E-state index in [0.717, 1.165) is 5.56 Å². The van der Waals surface area contributed by atoms with Crippen LogP contribution in [-0.2, 0) is 14.8 Å². The van der Waals surface area contributed by atoms with E-state index >= 15 is 0 Å². The Labute approximate surface area is 292 Å². The van der Waals surface area contributed by atoms with Crippen molar-refractivity contribution in [3.8, 4) is 23.0 Å². The highest BCUT2D eigenvalue weighted by atomic mass is 32.2. The number of carbonyl (C=O) groups excluding carboxylic acids is 2. The van der Waals surface area contributed by atoms with Gasteiger partial charge in [-0.3, -0.25) is 14.8 Å². The summed E-state index contributed by atoms with van der Waals surface area (Å²) in [7, 11) is -0.901. The summed E-state index contributed by atoms with van der Waals surface area (Å²) in [6, 6.07) is 12.7. The first kappa shape index (κ1) is 36.0. The molecule has 2 aromatic carbocycles. The molecule has 2 amide bonds. The Morgan fingerprint density at radius 3 is 2.38 bits per heavy atom. The van der Waals surface area contributed by atoms with E-state index in [2.05, 4.69) is 25.2 Å². The molecule has 3 N–H and O–H groups in total. The highest BCUT2D eigenvalue weighted by Crippen LogP contribution is 2.44. The molecular formula is C35H42N6O8S. The van der Waals surface area contributed by atoms with Gasteiger partial charge in [-0.05, 0) is 61.9 Å². The highest BCUT2D eigenvalue weighted by Gasteiger charge is 2.36. The molecule has 1 saturated heterocycles. The average Bonchev–Trinajstić information content (AvgIpc) is 3.10. The van der Waals surface area contributed by atoms with Crippen LogP contribution in [0, 0.1) is 0 Å². The van der Waals surface area contributed by atoms with Gasteiger partial charge in [0.2, 0.25) is 0 Å². The molecule has 15 heteroatoms. The van der Waals surface area contributed by atoms with Gasteiger partial charge >= 0.3 is 6.09 Å². The molecule has 2 aliphatic heterocycles. The molecule has 5 rings (SSSR count). The third kappa shape index (κ3) is 8.47. The van der Waals surface area contributed by atoms with E-state index in [1.165, 1.54) is 37.6 Å². The summed E-state index contributed by atoms with van der Waals surface area (Å²) in [5.41, 5.74) is 0.850. The summed E-state index contributed by atoms with van der Waals surface area (Å²) in [6.07, 6.45) is 7.10. The van der Waals surface area contributed by atoms with Crippen molar-refractivity contribution in [1.29, 1.82) is 0 Å². The third-order valence-corrected chi connectivity index (χ3v) is 9.27. The number of benzene rings is 2. The van der Waals surface area contributed by atoms with Gasteiger partial charge in [-0.2, -0.15) is 8.42 Å². The van der Waals surface area contributed by atoms with E-state index in [4.69, 9.17) is 18.9 Å². The molecule has 0 saturated carbocycles. The largest absolute Gasteiger partial charge is 0.493 e. The number of piperazine rings is 1. The zero-order valence-corrected chi connectivity index (χ0v) is 29.5. The number of dihydropyridines is 1. The van der Waals surface area contributed by atoms with E-state index in [-0.39, 0.29) is 52.0 Å². The normalized spacial score (nSPS) is 17.5. The molecule has 0 aliphatic carbocycles. The molecule has 3 aromatic rings. The number of pyridine rings is 1. The molecule has 0 bridgehead atoms. The fourth-order valence-electron chi connectivity index (χ4n) is 5.20.